The summed E-state index contributed by atoms with van der Waals surface area (Å²) >= 11 is 0. The van der Waals surface area contributed by atoms with Crippen molar-refractivity contribution in [2.45, 2.75) is 46.5 Å². The molecule has 2 aromatic heterocycles. The zero-order valence-electron chi connectivity index (χ0n) is 13.5. The lowest BCUT2D eigenvalue weighted by Gasteiger charge is -2.20. The van der Waals surface area contributed by atoms with E-state index in [1.54, 1.807) is 19.4 Å². The summed E-state index contributed by atoms with van der Waals surface area (Å²) in [5.74, 6) is 1.01. The van der Waals surface area contributed by atoms with E-state index >= 15 is 0 Å². The molecule has 2 rings (SSSR count). The fourth-order valence-corrected chi connectivity index (χ4v) is 2.38. The van der Waals surface area contributed by atoms with Gasteiger partial charge in [-0.2, -0.15) is 0 Å². The van der Waals surface area contributed by atoms with E-state index in [4.69, 9.17) is 0 Å². The molecule has 0 aromatic carbocycles. The molecule has 0 bridgehead atoms. The highest BCUT2D eigenvalue weighted by molar-refractivity contribution is 5.40. The number of rotatable bonds is 6. The molecule has 0 aliphatic heterocycles. The van der Waals surface area contributed by atoms with Crippen LogP contribution in [0.25, 0.3) is 0 Å². The Morgan fingerprint density at radius 1 is 1.32 bits per heavy atom. The van der Waals surface area contributed by atoms with Crippen LogP contribution in [0.5, 0.6) is 5.75 Å². The standard InChI is InChI=1S/C15H23N5O2/c1-10(2)20-9-17-18-14(20)7-19(4)6-13-12(8-21)5-16-11(3)15(13)22/h5,9-10,21-22H,6-8H2,1-4H3. The first kappa shape index (κ1) is 16.4. The van der Waals surface area contributed by atoms with E-state index < -0.39 is 0 Å². The minimum Gasteiger partial charge on any atom is -0.506 e. The number of hydrogen-bond acceptors (Lipinski definition) is 6. The van der Waals surface area contributed by atoms with E-state index in [0.29, 0.717) is 36.0 Å². The van der Waals surface area contributed by atoms with Crippen LogP contribution in [-0.4, -0.2) is 41.9 Å². The van der Waals surface area contributed by atoms with Gasteiger partial charge >= 0.3 is 0 Å². The fraction of sp³-hybridized carbons (Fsp3) is 0.533. The monoisotopic (exact) mass is 305 g/mol. The van der Waals surface area contributed by atoms with Crippen molar-refractivity contribution in [3.63, 3.8) is 0 Å². The van der Waals surface area contributed by atoms with Crippen LogP contribution in [0.3, 0.4) is 0 Å². The van der Waals surface area contributed by atoms with Crippen LogP contribution in [0.1, 0.15) is 42.5 Å². The Hall–Kier alpha value is -1.99. The summed E-state index contributed by atoms with van der Waals surface area (Å²) in [5, 5.41) is 27.7. The van der Waals surface area contributed by atoms with Gasteiger partial charge in [-0.3, -0.25) is 9.88 Å². The van der Waals surface area contributed by atoms with Gasteiger partial charge in [0.1, 0.15) is 17.9 Å². The summed E-state index contributed by atoms with van der Waals surface area (Å²) in [6.07, 6.45) is 3.33. The number of aliphatic hydroxyl groups excluding tert-OH is 1. The number of nitrogens with zero attached hydrogens (tertiary/aromatic N) is 5. The maximum Gasteiger partial charge on any atom is 0.147 e. The average molecular weight is 305 g/mol. The van der Waals surface area contributed by atoms with Crippen molar-refractivity contribution in [2.75, 3.05) is 7.05 Å². The zero-order valence-corrected chi connectivity index (χ0v) is 13.5. The molecule has 0 aliphatic rings. The van der Waals surface area contributed by atoms with Crippen molar-refractivity contribution < 1.29 is 10.2 Å². The zero-order chi connectivity index (χ0) is 16.3. The molecule has 7 heteroatoms. The SMILES string of the molecule is Cc1ncc(CO)c(CN(C)Cc2nncn2C(C)C)c1O. The largest absolute Gasteiger partial charge is 0.506 e. The molecule has 0 atom stereocenters. The van der Waals surface area contributed by atoms with Crippen molar-refractivity contribution in [3.05, 3.63) is 35.2 Å². The summed E-state index contributed by atoms with van der Waals surface area (Å²) < 4.78 is 2.01. The van der Waals surface area contributed by atoms with Gasteiger partial charge in [0.05, 0.1) is 18.8 Å². The molecule has 0 saturated carbocycles. The summed E-state index contributed by atoms with van der Waals surface area (Å²) in [4.78, 5) is 6.10. The van der Waals surface area contributed by atoms with Gasteiger partial charge in [-0.25, -0.2) is 0 Å². The van der Waals surface area contributed by atoms with Gasteiger partial charge < -0.3 is 14.8 Å². The molecular weight excluding hydrogens is 282 g/mol. The molecule has 0 unspecified atom stereocenters. The highest BCUT2D eigenvalue weighted by Crippen LogP contribution is 2.25. The summed E-state index contributed by atoms with van der Waals surface area (Å²) in [6, 6.07) is 0.294. The molecule has 0 radical (unpaired) electrons. The van der Waals surface area contributed by atoms with Gasteiger partial charge in [-0.05, 0) is 27.8 Å². The Balaban J connectivity index is 2.17. The minimum absolute atomic E-state index is 0.142. The second-order valence-electron chi connectivity index (χ2n) is 5.77. The van der Waals surface area contributed by atoms with Gasteiger partial charge in [0, 0.05) is 29.9 Å². The third kappa shape index (κ3) is 3.42. The number of aliphatic hydroxyl groups is 1. The molecule has 0 saturated heterocycles. The molecule has 2 aromatic rings. The Morgan fingerprint density at radius 2 is 2.05 bits per heavy atom. The van der Waals surface area contributed by atoms with Crippen molar-refractivity contribution >= 4 is 0 Å². The molecule has 0 fully saturated rings. The number of hydrogen-bond donors (Lipinski definition) is 2. The molecule has 120 valence electrons. The summed E-state index contributed by atoms with van der Waals surface area (Å²) in [7, 11) is 1.94. The fourth-order valence-electron chi connectivity index (χ4n) is 2.38. The quantitative estimate of drug-likeness (QED) is 0.838. The van der Waals surface area contributed by atoms with Gasteiger partial charge in [0.15, 0.2) is 0 Å². The Bertz CT molecular complexity index is 639. The van der Waals surface area contributed by atoms with Gasteiger partial charge in [-0.15, -0.1) is 10.2 Å². The lowest BCUT2D eigenvalue weighted by Crippen LogP contribution is -2.21. The molecule has 7 nitrogen and oxygen atoms in total. The summed E-state index contributed by atoms with van der Waals surface area (Å²) in [5.41, 5.74) is 1.90. The van der Waals surface area contributed by atoms with Crippen molar-refractivity contribution in [2.24, 2.45) is 0 Å². The normalized spacial score (nSPS) is 11.6. The predicted octanol–water partition coefficient (Wildman–Crippen LogP) is 1.39. The van der Waals surface area contributed by atoms with Crippen LogP contribution in [0.4, 0.5) is 0 Å². The van der Waals surface area contributed by atoms with Crippen molar-refractivity contribution in [1.82, 2.24) is 24.6 Å². The van der Waals surface area contributed by atoms with E-state index in [2.05, 4.69) is 29.0 Å². The molecule has 0 amide bonds. The molecule has 0 aliphatic carbocycles. The van der Waals surface area contributed by atoms with E-state index in [9.17, 15) is 10.2 Å². The van der Waals surface area contributed by atoms with E-state index in [1.807, 2.05) is 16.5 Å². The summed E-state index contributed by atoms with van der Waals surface area (Å²) in [6.45, 7) is 6.85. The molecule has 2 N–H and O–H groups in total. The smallest absolute Gasteiger partial charge is 0.147 e. The highest BCUT2D eigenvalue weighted by atomic mass is 16.3. The molecule has 2 heterocycles. The van der Waals surface area contributed by atoms with Crippen LogP contribution in [-0.2, 0) is 19.7 Å². The molecule has 22 heavy (non-hydrogen) atoms. The van der Waals surface area contributed by atoms with Crippen molar-refractivity contribution in [3.8, 4) is 5.75 Å². The van der Waals surface area contributed by atoms with Gasteiger partial charge in [-0.1, -0.05) is 0 Å². The second kappa shape index (κ2) is 6.85. The third-order valence-corrected chi connectivity index (χ3v) is 3.64. The van der Waals surface area contributed by atoms with E-state index in [0.717, 1.165) is 5.82 Å². The number of pyridine rings is 1. The van der Waals surface area contributed by atoms with Crippen LogP contribution in [0.2, 0.25) is 0 Å². The lowest BCUT2D eigenvalue weighted by atomic mass is 10.1. The Kier molecular flexibility index (Phi) is 5.10. The second-order valence-corrected chi connectivity index (χ2v) is 5.77. The van der Waals surface area contributed by atoms with Gasteiger partial charge in [0.2, 0.25) is 0 Å². The Labute approximate surface area is 130 Å². The number of aryl methyl sites for hydroxylation is 1. The maximum atomic E-state index is 10.2. The number of aromatic nitrogens is 4. The first-order chi connectivity index (χ1) is 10.4. The van der Waals surface area contributed by atoms with E-state index in [-0.39, 0.29) is 12.4 Å². The topological polar surface area (TPSA) is 87.3 Å². The lowest BCUT2D eigenvalue weighted by molar-refractivity contribution is 0.267. The average Bonchev–Trinajstić information content (AvgIpc) is 2.92. The molecular formula is C15H23N5O2. The highest BCUT2D eigenvalue weighted by Gasteiger charge is 2.15. The first-order valence-electron chi connectivity index (χ1n) is 7.28. The van der Waals surface area contributed by atoms with Crippen LogP contribution in [0, 0.1) is 6.92 Å². The van der Waals surface area contributed by atoms with Gasteiger partial charge in [0.25, 0.3) is 0 Å². The van der Waals surface area contributed by atoms with E-state index in [1.165, 1.54) is 0 Å². The first-order valence-corrected chi connectivity index (χ1v) is 7.28. The molecule has 0 spiro atoms. The van der Waals surface area contributed by atoms with Crippen LogP contribution in [0.15, 0.2) is 12.5 Å². The third-order valence-electron chi connectivity index (χ3n) is 3.64. The predicted molar refractivity (Wildman–Crippen MR) is 82.1 cm³/mol. The maximum absolute atomic E-state index is 10.2. The van der Waals surface area contributed by atoms with Crippen molar-refractivity contribution in [1.29, 1.82) is 0 Å². The number of aromatic hydroxyl groups is 1. The van der Waals surface area contributed by atoms with Crippen LogP contribution >= 0.6 is 0 Å². The van der Waals surface area contributed by atoms with Crippen LogP contribution < -0.4 is 0 Å². The Morgan fingerprint density at radius 3 is 2.68 bits per heavy atom. The minimum atomic E-state index is -0.147.